The Morgan fingerprint density at radius 2 is 0.844 bits per heavy atom. The van der Waals surface area contributed by atoms with Crippen LogP contribution in [-0.4, -0.2) is 123 Å². The maximum Gasteiger partial charge on any atom is 0.250 e. The average molecular weight is 943 g/mol. The van der Waals surface area contributed by atoms with Crippen molar-refractivity contribution in [3.05, 3.63) is 0 Å². The Kier molecular flexibility index (Phi) is 70.3. The van der Waals surface area contributed by atoms with Gasteiger partial charge in [0.25, 0.3) is 0 Å². The molecule has 0 saturated carbocycles. The minimum absolute atomic E-state index is 0. The second kappa shape index (κ2) is 51.9. The summed E-state index contributed by atoms with van der Waals surface area (Å²) in [5, 5.41) is 71.1. The Morgan fingerprint density at radius 3 is 0.859 bits per heavy atom. The SMILES string of the molecule is C.C.CC(C)C(C)(CO)CO.CC(C)CCO.CC(C)[C@H](O)CN(C)C.CCC(CO)C(C)C.CCC(F)(F)C(C)C.CC[C@@H](O)C(C)C.CC[C@H](O)C(C)C.CC[C@](C)(O)C(C)C. The predicted octanol–water partition coefficient (Wildman–Crippen LogP) is 12.5. The first-order chi connectivity index (χ1) is 28.0. The van der Waals surface area contributed by atoms with Crippen molar-refractivity contribution in [1.29, 1.82) is 0 Å². The van der Waals surface area contributed by atoms with Crippen LogP contribution in [0.1, 0.15) is 213 Å². The standard InChI is InChI=1S/C7H17NO.C7H16O2.2C7H16O.C6H12F2.2C6H14O.C5H12O.2CH4/c1-6(2)7(9)5-8(3)4;1-6(2)7(3,4-8)5-9;1-5-7(4,8)6(2)3;1-4-7(5-8)6(2)3;1-4-6(7,8)5(2)3;2*1-4-6(7)5(2)3;1-5(2)3-4-6;;/h6-7,9H,5H2,1-4H3;6,8-9H,4-5H2,1-3H3;6,8H,5H2,1-4H3;6-8H,4-5H2,1-3H3;5H,4H2,1-3H3;2*5-7H,4H2,1-3H3;5-6H,3-4H2,1-2H3;2*1H4/t7-;;7-;;;2*6-;;;/m1.0..10.../s1. The van der Waals surface area contributed by atoms with Crippen LogP contribution in [0.2, 0.25) is 0 Å². The van der Waals surface area contributed by atoms with Crippen LogP contribution in [0.25, 0.3) is 0 Å². The molecule has 0 rings (SSSR count). The topological polar surface area (TPSA) is 165 Å². The van der Waals surface area contributed by atoms with E-state index in [0.29, 0.717) is 60.6 Å². The lowest BCUT2D eigenvalue weighted by Gasteiger charge is -2.28. The molecule has 9 nitrogen and oxygen atoms in total. The van der Waals surface area contributed by atoms with Crippen molar-refractivity contribution in [3.63, 3.8) is 0 Å². The summed E-state index contributed by atoms with van der Waals surface area (Å²) in [5.74, 6) is 0.713. The molecule has 0 fully saturated rings. The van der Waals surface area contributed by atoms with Gasteiger partial charge < -0.3 is 45.8 Å². The average Bonchev–Trinajstić information content (AvgIpc) is 3.18. The van der Waals surface area contributed by atoms with E-state index in [4.69, 9.17) is 30.6 Å². The fourth-order valence-electron chi connectivity index (χ4n) is 3.83. The van der Waals surface area contributed by atoms with Crippen molar-refractivity contribution in [2.45, 2.75) is 242 Å². The van der Waals surface area contributed by atoms with Crippen LogP contribution in [0.15, 0.2) is 0 Å². The van der Waals surface area contributed by atoms with E-state index in [1.54, 1.807) is 0 Å². The zero-order chi connectivity index (χ0) is 51.8. The predicted molar refractivity (Wildman–Crippen MR) is 280 cm³/mol. The zero-order valence-corrected chi connectivity index (χ0v) is 46.0. The van der Waals surface area contributed by atoms with E-state index < -0.39 is 17.4 Å². The van der Waals surface area contributed by atoms with E-state index in [0.717, 1.165) is 38.6 Å². The molecule has 0 saturated heterocycles. The highest BCUT2D eigenvalue weighted by Crippen LogP contribution is 2.27. The van der Waals surface area contributed by atoms with Crippen molar-refractivity contribution in [1.82, 2.24) is 4.90 Å². The van der Waals surface area contributed by atoms with E-state index in [9.17, 15) is 19.0 Å². The summed E-state index contributed by atoms with van der Waals surface area (Å²) < 4.78 is 24.6. The summed E-state index contributed by atoms with van der Waals surface area (Å²) >= 11 is 0. The van der Waals surface area contributed by atoms with Crippen molar-refractivity contribution in [3.8, 4) is 0 Å². The van der Waals surface area contributed by atoms with Crippen molar-refractivity contribution in [2.75, 3.05) is 47.1 Å². The maximum absolute atomic E-state index is 12.3. The summed E-state index contributed by atoms with van der Waals surface area (Å²) in [4.78, 5) is 1.99. The second-order valence-electron chi connectivity index (χ2n) is 20.3. The number of hydrogen-bond donors (Lipinski definition) is 8. The van der Waals surface area contributed by atoms with Crippen LogP contribution in [-0.2, 0) is 0 Å². The summed E-state index contributed by atoms with van der Waals surface area (Å²) in [6.07, 6.45) is 4.18. The van der Waals surface area contributed by atoms with Crippen LogP contribution in [0, 0.1) is 58.7 Å². The lowest BCUT2D eigenvalue weighted by atomic mass is 9.81. The molecule has 0 aliphatic rings. The largest absolute Gasteiger partial charge is 0.396 e. The molecule has 0 spiro atoms. The lowest BCUT2D eigenvalue weighted by molar-refractivity contribution is -0.0478. The summed E-state index contributed by atoms with van der Waals surface area (Å²) in [6, 6.07) is 0. The van der Waals surface area contributed by atoms with E-state index in [2.05, 4.69) is 34.6 Å². The molecular formula is C53H125F2NO8. The highest BCUT2D eigenvalue weighted by atomic mass is 19.3. The van der Waals surface area contributed by atoms with Crippen molar-refractivity contribution in [2.24, 2.45) is 58.7 Å². The van der Waals surface area contributed by atoms with Gasteiger partial charge in [0, 0.05) is 37.5 Å². The number of alkyl halides is 2. The molecule has 5 atom stereocenters. The summed E-state index contributed by atoms with van der Waals surface area (Å²) in [7, 11) is 3.93. The number of hydrogen-bond acceptors (Lipinski definition) is 9. The van der Waals surface area contributed by atoms with Gasteiger partial charge in [0.05, 0.1) is 37.1 Å². The lowest BCUT2D eigenvalue weighted by Crippen LogP contribution is -2.31. The molecule has 11 heteroatoms. The molecule has 0 aromatic heterocycles. The van der Waals surface area contributed by atoms with Gasteiger partial charge in [-0.15, -0.1) is 0 Å². The highest BCUT2D eigenvalue weighted by molar-refractivity contribution is 4.75. The monoisotopic (exact) mass is 942 g/mol. The summed E-state index contributed by atoms with van der Waals surface area (Å²) in [6.45, 7) is 46.6. The van der Waals surface area contributed by atoms with Gasteiger partial charge in [0.1, 0.15) is 0 Å². The van der Waals surface area contributed by atoms with Gasteiger partial charge in [-0.2, -0.15) is 0 Å². The molecule has 0 aliphatic carbocycles. The molecule has 0 aliphatic heterocycles. The van der Waals surface area contributed by atoms with Crippen LogP contribution < -0.4 is 0 Å². The Labute approximate surface area is 401 Å². The van der Waals surface area contributed by atoms with Crippen molar-refractivity contribution >= 4 is 0 Å². The maximum atomic E-state index is 12.3. The summed E-state index contributed by atoms with van der Waals surface area (Å²) in [5.41, 5.74) is -0.764. The Morgan fingerprint density at radius 1 is 0.500 bits per heavy atom. The molecular weight excluding hydrogens is 817 g/mol. The van der Waals surface area contributed by atoms with Gasteiger partial charge in [0.15, 0.2) is 0 Å². The van der Waals surface area contributed by atoms with Crippen LogP contribution in [0.3, 0.4) is 0 Å². The van der Waals surface area contributed by atoms with Gasteiger partial charge >= 0.3 is 0 Å². The number of aliphatic hydroxyl groups excluding tert-OH is 7. The number of nitrogens with zero attached hydrogens (tertiary/aromatic N) is 1. The number of aliphatic hydroxyl groups is 8. The fraction of sp³-hybridized carbons (Fsp3) is 1.00. The second-order valence-corrected chi connectivity index (χ2v) is 20.3. The number of likely N-dealkylation sites (N-methyl/N-ethyl adjacent to an activating group) is 1. The Bertz CT molecular complexity index is 812. The number of halogens is 2. The Balaban J connectivity index is -0.0000000650. The molecule has 0 aromatic carbocycles. The fourth-order valence-corrected chi connectivity index (χ4v) is 3.83. The third kappa shape index (κ3) is 61.5. The highest BCUT2D eigenvalue weighted by Gasteiger charge is 2.30. The van der Waals surface area contributed by atoms with Gasteiger partial charge in [0.2, 0.25) is 5.92 Å². The molecule has 8 N–H and O–H groups in total. The first-order valence-electron chi connectivity index (χ1n) is 24.2. The van der Waals surface area contributed by atoms with E-state index in [-0.39, 0.29) is 58.2 Å². The molecule has 0 aromatic rings. The quantitative estimate of drug-likeness (QED) is 0.0629. The first kappa shape index (κ1) is 86.7. The van der Waals surface area contributed by atoms with Crippen LogP contribution in [0.5, 0.6) is 0 Å². The van der Waals surface area contributed by atoms with Crippen LogP contribution >= 0.6 is 0 Å². The van der Waals surface area contributed by atoms with E-state index in [1.807, 2.05) is 123 Å². The van der Waals surface area contributed by atoms with Gasteiger partial charge in [-0.3, -0.25) is 0 Å². The van der Waals surface area contributed by atoms with Crippen molar-refractivity contribution < 1.29 is 49.6 Å². The molecule has 404 valence electrons. The van der Waals surface area contributed by atoms with E-state index >= 15 is 0 Å². The minimum Gasteiger partial charge on any atom is -0.396 e. The number of rotatable bonds is 19. The molecule has 0 bridgehead atoms. The first-order valence-corrected chi connectivity index (χ1v) is 24.2. The van der Waals surface area contributed by atoms with Gasteiger partial charge in [-0.1, -0.05) is 174 Å². The van der Waals surface area contributed by atoms with Gasteiger partial charge in [-0.05, 0) is 94.0 Å². The molecule has 64 heavy (non-hydrogen) atoms. The normalized spacial score (nSPS) is 13.9. The smallest absolute Gasteiger partial charge is 0.250 e. The third-order valence-corrected chi connectivity index (χ3v) is 11.5. The molecule has 0 radical (unpaired) electrons. The zero-order valence-electron chi connectivity index (χ0n) is 46.0. The molecule has 0 amide bonds. The molecule has 1 unspecified atom stereocenters. The third-order valence-electron chi connectivity index (χ3n) is 11.5. The van der Waals surface area contributed by atoms with Crippen LogP contribution in [0.4, 0.5) is 8.78 Å². The van der Waals surface area contributed by atoms with Gasteiger partial charge in [-0.25, -0.2) is 8.78 Å². The molecule has 0 heterocycles. The Hall–Kier alpha value is -0.500. The minimum atomic E-state index is -2.46. The van der Waals surface area contributed by atoms with E-state index in [1.165, 1.54) is 20.8 Å².